The summed E-state index contributed by atoms with van der Waals surface area (Å²) < 4.78 is 0. The van der Waals surface area contributed by atoms with Crippen LogP contribution in [0.25, 0.3) is 0 Å². The fourth-order valence-electron chi connectivity index (χ4n) is 1.17. The number of aliphatic carboxylic acids is 1. The van der Waals surface area contributed by atoms with Crippen LogP contribution in [0.2, 0.25) is 0 Å². The van der Waals surface area contributed by atoms with Crippen LogP contribution >= 0.6 is 0 Å². The van der Waals surface area contributed by atoms with Crippen LogP contribution in [0, 0.1) is 0 Å². The maximum Gasteiger partial charge on any atom is 1.00 e. The van der Waals surface area contributed by atoms with E-state index in [1.807, 2.05) is 6.08 Å². The fraction of sp³-hybridized carbons (Fsp3) is 0.667. The minimum Gasteiger partial charge on any atom is -0.859 e. The van der Waals surface area contributed by atoms with E-state index in [4.69, 9.17) is 5.11 Å². The van der Waals surface area contributed by atoms with Crippen LogP contribution in [0.5, 0.6) is 0 Å². The second-order valence-corrected chi connectivity index (χ2v) is 3.62. The number of hydrogen-bond donors (Lipinski definition) is 1. The summed E-state index contributed by atoms with van der Waals surface area (Å²) >= 11 is 0. The molecule has 0 aromatic rings. The van der Waals surface area contributed by atoms with Crippen LogP contribution in [0.4, 0.5) is 0 Å². The van der Waals surface area contributed by atoms with Gasteiger partial charge in [0.05, 0.1) is 0 Å². The smallest absolute Gasteiger partial charge is 0.859 e. The first-order valence-corrected chi connectivity index (χ1v) is 5.76. The normalized spacial score (nSPS) is 11.5. The molecular weight excluding hydrogens is 245 g/mol. The van der Waals surface area contributed by atoms with Crippen molar-refractivity contribution in [1.82, 2.24) is 0 Å². The molecule has 0 radical (unpaired) electrons. The molecule has 0 saturated heterocycles. The van der Waals surface area contributed by atoms with Gasteiger partial charge in [-0.3, -0.25) is 4.79 Å². The van der Waals surface area contributed by atoms with E-state index >= 15 is 0 Å². The molecule has 0 heterocycles. The minimum absolute atomic E-state index is 0. The van der Waals surface area contributed by atoms with E-state index in [9.17, 15) is 9.90 Å². The number of rotatable bonds is 9. The molecule has 0 atom stereocenters. The molecule has 0 rings (SSSR count). The Bertz CT molecular complexity index is 252. The molecule has 5 heteroatoms. The van der Waals surface area contributed by atoms with Crippen molar-refractivity contribution in [3.05, 3.63) is 12.2 Å². The zero-order valence-corrected chi connectivity index (χ0v) is 13.9. The Labute approximate surface area is 146 Å². The van der Waals surface area contributed by atoms with Gasteiger partial charge in [-0.25, -0.2) is 0 Å². The average molecular weight is 265 g/mol. The van der Waals surface area contributed by atoms with Gasteiger partial charge >= 0.3 is 57.4 Å². The van der Waals surface area contributed by atoms with E-state index in [0.29, 0.717) is 13.0 Å². The zero-order valence-electron chi connectivity index (χ0n) is 10.8. The van der Waals surface area contributed by atoms with Crippen LogP contribution in [0.1, 0.15) is 45.4 Å². The maximum atomic E-state index is 11.1. The third-order valence-corrected chi connectivity index (χ3v) is 2.05. The number of unbranched alkanes of at least 4 members (excludes halogenated alkanes) is 3. The molecule has 0 aliphatic heterocycles. The van der Waals surface area contributed by atoms with Gasteiger partial charge in [0, 0.05) is 13.0 Å². The Hall–Kier alpha value is 0.316. The van der Waals surface area contributed by atoms with E-state index in [1.165, 1.54) is 18.9 Å². The second-order valence-electron chi connectivity index (χ2n) is 3.62. The first-order chi connectivity index (χ1) is 7.66. The topological polar surface area (TPSA) is 72.7 Å². The molecule has 4 nitrogen and oxygen atoms in total. The Morgan fingerprint density at radius 2 is 2.06 bits per heavy atom. The summed E-state index contributed by atoms with van der Waals surface area (Å²) in [7, 11) is 0. The standard InChI is InChI=1S/C12H21NO3.K/c1-2-3-4-5-6-8-11(14)13-10-7-9-12(15)16;/h6,8H,2-5,7,9-10H2,1H3,(H,13,14)(H,15,16);/q;+1/p-1/b8-6+;. The SMILES string of the molecule is CCCCC/C=C/C([O-])=NCCCC(=O)O.[K+]. The molecule has 0 unspecified atom stereocenters. The van der Waals surface area contributed by atoms with Gasteiger partial charge in [-0.2, -0.15) is 0 Å². The van der Waals surface area contributed by atoms with Crippen molar-refractivity contribution in [2.24, 2.45) is 4.99 Å². The van der Waals surface area contributed by atoms with Gasteiger partial charge in [-0.05, 0) is 25.2 Å². The number of allylic oxidation sites excluding steroid dienone is 1. The fourth-order valence-corrected chi connectivity index (χ4v) is 1.17. The Balaban J connectivity index is 0. The summed E-state index contributed by atoms with van der Waals surface area (Å²) in [5.74, 6) is -1.11. The zero-order chi connectivity index (χ0) is 12.2. The number of hydrogen-bond acceptors (Lipinski definition) is 3. The van der Waals surface area contributed by atoms with Crippen LogP contribution < -0.4 is 56.5 Å². The number of nitrogens with zero attached hydrogens (tertiary/aromatic N) is 1. The number of carbonyl (C=O) groups is 1. The molecule has 0 spiro atoms. The van der Waals surface area contributed by atoms with E-state index < -0.39 is 5.97 Å². The molecule has 0 amide bonds. The second kappa shape index (κ2) is 14.4. The first-order valence-electron chi connectivity index (χ1n) is 5.76. The molecule has 1 N–H and O–H groups in total. The monoisotopic (exact) mass is 265 g/mol. The average Bonchev–Trinajstić information content (AvgIpc) is 2.24. The number of carboxylic acids is 1. The van der Waals surface area contributed by atoms with Gasteiger partial charge in [0.25, 0.3) is 0 Å². The Kier molecular flexibility index (Phi) is 16.6. The Morgan fingerprint density at radius 3 is 2.65 bits per heavy atom. The molecule has 92 valence electrons. The summed E-state index contributed by atoms with van der Waals surface area (Å²) in [5.41, 5.74) is 0. The van der Waals surface area contributed by atoms with Crippen molar-refractivity contribution in [3.63, 3.8) is 0 Å². The van der Waals surface area contributed by atoms with Gasteiger partial charge in [-0.15, -0.1) is 0 Å². The largest absolute Gasteiger partial charge is 1.00 e. The first kappa shape index (κ1) is 19.7. The molecule has 0 aromatic heterocycles. The molecule has 0 aliphatic carbocycles. The maximum absolute atomic E-state index is 11.1. The molecular formula is C12H20KNO3. The minimum atomic E-state index is -0.849. The van der Waals surface area contributed by atoms with Crippen molar-refractivity contribution >= 4 is 11.9 Å². The molecule has 0 saturated carbocycles. The Morgan fingerprint density at radius 1 is 1.35 bits per heavy atom. The predicted octanol–water partition coefficient (Wildman–Crippen LogP) is -1.25. The van der Waals surface area contributed by atoms with E-state index in [1.54, 1.807) is 0 Å². The van der Waals surface area contributed by atoms with Crippen molar-refractivity contribution in [2.45, 2.75) is 45.4 Å². The van der Waals surface area contributed by atoms with E-state index in [-0.39, 0.29) is 63.7 Å². The molecule has 0 fully saturated rings. The van der Waals surface area contributed by atoms with Gasteiger partial charge in [0.2, 0.25) is 0 Å². The molecule has 0 bridgehead atoms. The molecule has 17 heavy (non-hydrogen) atoms. The summed E-state index contributed by atoms with van der Waals surface area (Å²) in [6.45, 7) is 2.43. The summed E-state index contributed by atoms with van der Waals surface area (Å²) in [5, 5.41) is 19.5. The van der Waals surface area contributed by atoms with Gasteiger partial charge in [-0.1, -0.05) is 31.9 Å². The quantitative estimate of drug-likeness (QED) is 0.245. The van der Waals surface area contributed by atoms with Crippen LogP contribution in [-0.2, 0) is 4.79 Å². The summed E-state index contributed by atoms with van der Waals surface area (Å²) in [4.78, 5) is 13.9. The van der Waals surface area contributed by atoms with Crippen molar-refractivity contribution in [2.75, 3.05) is 6.54 Å². The van der Waals surface area contributed by atoms with Crippen LogP contribution in [0.15, 0.2) is 17.1 Å². The van der Waals surface area contributed by atoms with Gasteiger partial charge in [0.1, 0.15) is 0 Å². The third-order valence-electron chi connectivity index (χ3n) is 2.05. The van der Waals surface area contributed by atoms with E-state index in [0.717, 1.165) is 12.8 Å². The van der Waals surface area contributed by atoms with Crippen molar-refractivity contribution < 1.29 is 66.4 Å². The third kappa shape index (κ3) is 16.3. The predicted molar refractivity (Wildman–Crippen MR) is 62.5 cm³/mol. The van der Waals surface area contributed by atoms with Crippen LogP contribution in [0.3, 0.4) is 0 Å². The molecule has 0 aromatic carbocycles. The van der Waals surface area contributed by atoms with E-state index in [2.05, 4.69) is 11.9 Å². The summed E-state index contributed by atoms with van der Waals surface area (Å²) in [6.07, 6.45) is 8.13. The van der Waals surface area contributed by atoms with Gasteiger partial charge in [0.15, 0.2) is 0 Å². The molecule has 0 aliphatic rings. The number of carboxylic acid groups (broad SMARTS) is 1. The van der Waals surface area contributed by atoms with Crippen molar-refractivity contribution in [3.8, 4) is 0 Å². The number of aliphatic imine (C=N–C) groups is 1. The van der Waals surface area contributed by atoms with Gasteiger partial charge < -0.3 is 15.2 Å². The van der Waals surface area contributed by atoms with Crippen LogP contribution in [-0.4, -0.2) is 23.5 Å². The van der Waals surface area contributed by atoms with Crippen molar-refractivity contribution in [1.29, 1.82) is 0 Å². The summed E-state index contributed by atoms with van der Waals surface area (Å²) in [6, 6.07) is 0.